The largest absolute Gasteiger partial charge is 0.389 e. The highest BCUT2D eigenvalue weighted by Gasteiger charge is 2.37. The molecule has 16 heavy (non-hydrogen) atoms. The van der Waals surface area contributed by atoms with Gasteiger partial charge in [-0.2, -0.15) is 0 Å². The lowest BCUT2D eigenvalue weighted by Crippen LogP contribution is -2.42. The molecule has 0 saturated carbocycles. The highest BCUT2D eigenvalue weighted by atomic mass is 32.2. The zero-order chi connectivity index (χ0) is 11.6. The Bertz CT molecular complexity index is 325. The molecule has 7 heteroatoms. The van der Waals surface area contributed by atoms with E-state index in [1.165, 1.54) is 0 Å². The van der Waals surface area contributed by atoms with Crippen LogP contribution in [0.4, 0.5) is 0 Å². The van der Waals surface area contributed by atoms with E-state index in [0.29, 0.717) is 19.8 Å². The molecule has 3 atom stereocenters. The molecule has 0 aliphatic carbocycles. The molecule has 3 unspecified atom stereocenters. The Morgan fingerprint density at radius 2 is 2.25 bits per heavy atom. The fourth-order valence-corrected chi connectivity index (χ4v) is 3.60. The summed E-state index contributed by atoms with van der Waals surface area (Å²) >= 11 is 0. The van der Waals surface area contributed by atoms with Gasteiger partial charge in [-0.1, -0.05) is 0 Å². The van der Waals surface area contributed by atoms with Crippen molar-refractivity contribution in [2.45, 2.75) is 18.3 Å². The summed E-state index contributed by atoms with van der Waals surface area (Å²) in [4.78, 5) is 0. The van der Waals surface area contributed by atoms with E-state index < -0.39 is 22.0 Å². The van der Waals surface area contributed by atoms with Crippen molar-refractivity contribution in [1.82, 2.24) is 5.32 Å². The number of hydrogen-bond acceptors (Lipinski definition) is 6. The lowest BCUT2D eigenvalue weighted by atomic mass is 10.2. The number of rotatable bonds is 3. The van der Waals surface area contributed by atoms with E-state index in [1.54, 1.807) is 0 Å². The van der Waals surface area contributed by atoms with Gasteiger partial charge in [0.25, 0.3) is 0 Å². The van der Waals surface area contributed by atoms with Gasteiger partial charge in [0.05, 0.1) is 43.0 Å². The molecule has 2 rings (SSSR count). The molecule has 2 heterocycles. The smallest absolute Gasteiger partial charge is 0.155 e. The van der Waals surface area contributed by atoms with Gasteiger partial charge in [-0.15, -0.1) is 0 Å². The minimum absolute atomic E-state index is 0.0516. The maximum atomic E-state index is 11.2. The predicted octanol–water partition coefficient (Wildman–Crippen LogP) is -1.85. The SMILES string of the molecule is O=S1(=O)CC(O)C(OCC2CNCCO2)C1. The first-order valence-corrected chi connectivity index (χ1v) is 7.21. The second kappa shape index (κ2) is 4.97. The van der Waals surface area contributed by atoms with E-state index in [2.05, 4.69) is 5.32 Å². The average Bonchev–Trinajstić information content (AvgIpc) is 2.50. The van der Waals surface area contributed by atoms with Crippen molar-refractivity contribution >= 4 is 9.84 Å². The van der Waals surface area contributed by atoms with Crippen molar-refractivity contribution in [3.63, 3.8) is 0 Å². The molecule has 2 saturated heterocycles. The Kier molecular flexibility index (Phi) is 3.81. The third-order valence-electron chi connectivity index (χ3n) is 2.77. The van der Waals surface area contributed by atoms with Crippen LogP contribution in [0.25, 0.3) is 0 Å². The number of hydrogen-bond donors (Lipinski definition) is 2. The Hall–Kier alpha value is -0.210. The molecule has 0 spiro atoms. The van der Waals surface area contributed by atoms with E-state index >= 15 is 0 Å². The maximum Gasteiger partial charge on any atom is 0.155 e. The minimum Gasteiger partial charge on any atom is -0.389 e. The van der Waals surface area contributed by atoms with E-state index in [1.807, 2.05) is 0 Å². The van der Waals surface area contributed by atoms with Crippen LogP contribution in [0.2, 0.25) is 0 Å². The zero-order valence-corrected chi connectivity index (χ0v) is 9.78. The predicted molar refractivity (Wildman–Crippen MR) is 57.0 cm³/mol. The van der Waals surface area contributed by atoms with Crippen LogP contribution in [0.1, 0.15) is 0 Å². The van der Waals surface area contributed by atoms with Crippen LogP contribution >= 0.6 is 0 Å². The van der Waals surface area contributed by atoms with Crippen molar-refractivity contribution in [2.24, 2.45) is 0 Å². The number of aliphatic hydroxyl groups is 1. The normalized spacial score (nSPS) is 38.7. The van der Waals surface area contributed by atoms with Gasteiger partial charge < -0.3 is 19.9 Å². The molecule has 0 radical (unpaired) electrons. The van der Waals surface area contributed by atoms with Crippen LogP contribution in [0.15, 0.2) is 0 Å². The first kappa shape index (κ1) is 12.3. The van der Waals surface area contributed by atoms with Crippen LogP contribution in [-0.4, -0.2) is 69.6 Å². The Labute approximate surface area is 94.8 Å². The number of nitrogens with one attached hydrogen (secondary N) is 1. The molecule has 0 bridgehead atoms. The minimum atomic E-state index is -3.13. The Balaban J connectivity index is 1.77. The summed E-state index contributed by atoms with van der Waals surface area (Å²) in [5, 5.41) is 12.6. The topological polar surface area (TPSA) is 84.9 Å². The molecule has 0 aromatic carbocycles. The molecule has 0 aromatic heterocycles. The van der Waals surface area contributed by atoms with Gasteiger partial charge in [0.15, 0.2) is 9.84 Å². The molecule has 94 valence electrons. The zero-order valence-electron chi connectivity index (χ0n) is 8.96. The summed E-state index contributed by atoms with van der Waals surface area (Å²) in [6.45, 7) is 2.50. The maximum absolute atomic E-state index is 11.2. The molecule has 2 fully saturated rings. The molecule has 2 aliphatic rings. The van der Waals surface area contributed by atoms with Crippen LogP contribution in [0.5, 0.6) is 0 Å². The van der Waals surface area contributed by atoms with Gasteiger partial charge in [0.1, 0.15) is 0 Å². The second-order valence-corrected chi connectivity index (χ2v) is 6.37. The first-order chi connectivity index (χ1) is 7.57. The van der Waals surface area contributed by atoms with Gasteiger partial charge in [-0.3, -0.25) is 0 Å². The third kappa shape index (κ3) is 3.14. The first-order valence-electron chi connectivity index (χ1n) is 5.39. The van der Waals surface area contributed by atoms with Crippen molar-refractivity contribution in [3.05, 3.63) is 0 Å². The number of aliphatic hydroxyl groups excluding tert-OH is 1. The highest BCUT2D eigenvalue weighted by Crippen LogP contribution is 2.16. The van der Waals surface area contributed by atoms with E-state index in [9.17, 15) is 13.5 Å². The fraction of sp³-hybridized carbons (Fsp3) is 1.00. The van der Waals surface area contributed by atoms with Crippen molar-refractivity contribution in [2.75, 3.05) is 37.8 Å². The summed E-state index contributed by atoms with van der Waals surface area (Å²) in [5.41, 5.74) is 0. The molecule has 2 N–H and O–H groups in total. The molecule has 6 nitrogen and oxygen atoms in total. The quantitative estimate of drug-likeness (QED) is 0.612. The van der Waals surface area contributed by atoms with Gasteiger partial charge in [0.2, 0.25) is 0 Å². The van der Waals surface area contributed by atoms with Crippen LogP contribution in [-0.2, 0) is 19.3 Å². The molecular weight excluding hydrogens is 234 g/mol. The molecule has 0 aromatic rings. The van der Waals surface area contributed by atoms with Crippen LogP contribution < -0.4 is 5.32 Å². The molecular formula is C9H17NO5S. The molecule has 2 aliphatic heterocycles. The summed E-state index contributed by atoms with van der Waals surface area (Å²) < 4.78 is 33.2. The second-order valence-electron chi connectivity index (χ2n) is 4.21. The number of morpholine rings is 1. The lowest BCUT2D eigenvalue weighted by molar-refractivity contribution is -0.0735. The van der Waals surface area contributed by atoms with E-state index in [0.717, 1.165) is 6.54 Å². The standard InChI is InChI=1S/C9H17NO5S/c11-8-5-16(12,13)6-9(8)15-4-7-3-10-1-2-14-7/h7-11H,1-6H2. The van der Waals surface area contributed by atoms with Gasteiger partial charge >= 0.3 is 0 Å². The van der Waals surface area contributed by atoms with Crippen LogP contribution in [0.3, 0.4) is 0 Å². The number of ether oxygens (including phenoxy) is 2. The molecule has 0 amide bonds. The van der Waals surface area contributed by atoms with Gasteiger partial charge in [0, 0.05) is 13.1 Å². The van der Waals surface area contributed by atoms with E-state index in [-0.39, 0.29) is 17.6 Å². The fourth-order valence-electron chi connectivity index (χ4n) is 1.91. The monoisotopic (exact) mass is 251 g/mol. The summed E-state index contributed by atoms with van der Waals surface area (Å²) in [7, 11) is -3.13. The third-order valence-corrected chi connectivity index (χ3v) is 4.46. The van der Waals surface area contributed by atoms with Gasteiger partial charge in [-0.05, 0) is 0 Å². The Morgan fingerprint density at radius 1 is 1.44 bits per heavy atom. The lowest BCUT2D eigenvalue weighted by Gasteiger charge is -2.25. The van der Waals surface area contributed by atoms with Crippen molar-refractivity contribution in [3.8, 4) is 0 Å². The number of sulfone groups is 1. The van der Waals surface area contributed by atoms with Gasteiger partial charge in [-0.25, -0.2) is 8.42 Å². The van der Waals surface area contributed by atoms with Crippen LogP contribution in [0, 0.1) is 0 Å². The average molecular weight is 251 g/mol. The summed E-state index contributed by atoms with van der Waals surface area (Å²) in [5.74, 6) is -0.282. The summed E-state index contributed by atoms with van der Waals surface area (Å²) in [6.07, 6.45) is -1.55. The van der Waals surface area contributed by atoms with Crippen molar-refractivity contribution in [1.29, 1.82) is 0 Å². The summed E-state index contributed by atoms with van der Waals surface area (Å²) in [6, 6.07) is 0. The van der Waals surface area contributed by atoms with E-state index in [4.69, 9.17) is 9.47 Å². The van der Waals surface area contributed by atoms with Crippen molar-refractivity contribution < 1.29 is 23.0 Å². The highest BCUT2D eigenvalue weighted by molar-refractivity contribution is 7.91. The Morgan fingerprint density at radius 3 is 2.81 bits per heavy atom.